The summed E-state index contributed by atoms with van der Waals surface area (Å²) >= 11 is 0. The van der Waals surface area contributed by atoms with Gasteiger partial charge in [0.05, 0.1) is 5.71 Å². The molecule has 0 aromatic heterocycles. The van der Waals surface area contributed by atoms with Crippen LogP contribution in [0.5, 0.6) is 0 Å². The van der Waals surface area contributed by atoms with Crippen molar-refractivity contribution in [2.75, 3.05) is 26.2 Å². The highest BCUT2D eigenvalue weighted by Crippen LogP contribution is 2.25. The van der Waals surface area contributed by atoms with Gasteiger partial charge in [0.2, 0.25) is 0 Å². The molecular weight excluding hydrogens is 176 g/mol. The summed E-state index contributed by atoms with van der Waals surface area (Å²) in [4.78, 5) is 7.71. The quantitative estimate of drug-likeness (QED) is 0.386. The van der Waals surface area contributed by atoms with Gasteiger partial charge in [0.25, 0.3) is 0 Å². The molecule has 0 radical (unpaired) electrons. The molecule has 3 aliphatic heterocycles. The van der Waals surface area contributed by atoms with Gasteiger partial charge < -0.3 is 4.84 Å². The summed E-state index contributed by atoms with van der Waals surface area (Å²) in [5, 5.41) is 4.23. The van der Waals surface area contributed by atoms with Crippen molar-refractivity contribution in [2.24, 2.45) is 11.1 Å². The first-order valence-corrected chi connectivity index (χ1v) is 5.42. The molecule has 3 fully saturated rings. The SMILES string of the molecule is C=CCCO/N=C1\CN2CCC1CC2. The van der Waals surface area contributed by atoms with Crippen LogP contribution in [0.2, 0.25) is 0 Å². The number of nitrogens with zero attached hydrogens (tertiary/aromatic N) is 2. The van der Waals surface area contributed by atoms with Crippen molar-refractivity contribution in [1.82, 2.24) is 4.90 Å². The van der Waals surface area contributed by atoms with Gasteiger partial charge in [-0.15, -0.1) is 6.58 Å². The molecule has 3 saturated heterocycles. The van der Waals surface area contributed by atoms with Gasteiger partial charge in [-0.05, 0) is 25.9 Å². The molecule has 3 heteroatoms. The molecule has 0 N–H and O–H groups in total. The fraction of sp³-hybridized carbons (Fsp3) is 0.727. The van der Waals surface area contributed by atoms with Crippen LogP contribution in [0.3, 0.4) is 0 Å². The molecule has 2 bridgehead atoms. The van der Waals surface area contributed by atoms with Crippen molar-refractivity contribution < 1.29 is 4.84 Å². The van der Waals surface area contributed by atoms with Gasteiger partial charge in [-0.25, -0.2) is 0 Å². The van der Waals surface area contributed by atoms with E-state index in [1.807, 2.05) is 6.08 Å². The van der Waals surface area contributed by atoms with E-state index >= 15 is 0 Å². The molecule has 3 rings (SSSR count). The van der Waals surface area contributed by atoms with Crippen molar-refractivity contribution in [3.63, 3.8) is 0 Å². The highest BCUT2D eigenvalue weighted by molar-refractivity contribution is 5.89. The van der Waals surface area contributed by atoms with Crippen LogP contribution in [0.25, 0.3) is 0 Å². The molecule has 0 spiro atoms. The number of piperidine rings is 3. The lowest BCUT2D eigenvalue weighted by atomic mass is 9.87. The van der Waals surface area contributed by atoms with Crippen molar-refractivity contribution >= 4 is 5.71 Å². The first kappa shape index (κ1) is 9.71. The number of hydrogen-bond donors (Lipinski definition) is 0. The molecule has 3 heterocycles. The smallest absolute Gasteiger partial charge is 0.120 e. The molecule has 0 atom stereocenters. The first-order chi connectivity index (χ1) is 6.90. The van der Waals surface area contributed by atoms with Gasteiger partial charge in [-0.2, -0.15) is 0 Å². The fourth-order valence-corrected chi connectivity index (χ4v) is 2.15. The summed E-state index contributed by atoms with van der Waals surface area (Å²) in [6.45, 7) is 7.83. The Balaban J connectivity index is 1.82. The van der Waals surface area contributed by atoms with Crippen LogP contribution in [0.15, 0.2) is 17.8 Å². The van der Waals surface area contributed by atoms with Crippen molar-refractivity contribution in [3.05, 3.63) is 12.7 Å². The average Bonchev–Trinajstić information content (AvgIpc) is 2.26. The van der Waals surface area contributed by atoms with Gasteiger partial charge in [0, 0.05) is 18.9 Å². The molecular formula is C11H18N2O. The number of rotatable bonds is 4. The average molecular weight is 194 g/mol. The van der Waals surface area contributed by atoms with E-state index in [1.54, 1.807) is 0 Å². The van der Waals surface area contributed by atoms with Crippen LogP contribution in [-0.4, -0.2) is 36.9 Å². The molecule has 78 valence electrons. The number of oxime groups is 1. The van der Waals surface area contributed by atoms with Crippen LogP contribution < -0.4 is 0 Å². The maximum atomic E-state index is 5.26. The van der Waals surface area contributed by atoms with E-state index in [0.717, 1.165) is 13.0 Å². The lowest BCUT2D eigenvalue weighted by molar-refractivity contribution is 0.134. The summed E-state index contributed by atoms with van der Waals surface area (Å²) in [5.41, 5.74) is 1.26. The second kappa shape index (κ2) is 4.60. The van der Waals surface area contributed by atoms with Crippen LogP contribution in [-0.2, 0) is 4.84 Å². The molecule has 0 aliphatic carbocycles. The third-order valence-corrected chi connectivity index (χ3v) is 3.04. The Hall–Kier alpha value is -0.830. The van der Waals surface area contributed by atoms with Gasteiger partial charge in [-0.1, -0.05) is 11.2 Å². The van der Waals surface area contributed by atoms with Crippen LogP contribution in [0, 0.1) is 5.92 Å². The van der Waals surface area contributed by atoms with Gasteiger partial charge in [-0.3, -0.25) is 4.90 Å². The zero-order valence-electron chi connectivity index (χ0n) is 8.61. The fourth-order valence-electron chi connectivity index (χ4n) is 2.15. The topological polar surface area (TPSA) is 24.8 Å². The minimum Gasteiger partial charge on any atom is -0.395 e. The molecule has 3 aliphatic rings. The zero-order valence-corrected chi connectivity index (χ0v) is 8.61. The highest BCUT2D eigenvalue weighted by atomic mass is 16.6. The van der Waals surface area contributed by atoms with Gasteiger partial charge in [0.15, 0.2) is 0 Å². The van der Waals surface area contributed by atoms with Crippen LogP contribution >= 0.6 is 0 Å². The third kappa shape index (κ3) is 2.15. The zero-order chi connectivity index (χ0) is 9.80. The largest absolute Gasteiger partial charge is 0.395 e. The van der Waals surface area contributed by atoms with E-state index < -0.39 is 0 Å². The van der Waals surface area contributed by atoms with Gasteiger partial charge >= 0.3 is 0 Å². The van der Waals surface area contributed by atoms with Crippen molar-refractivity contribution in [1.29, 1.82) is 0 Å². The van der Waals surface area contributed by atoms with Crippen LogP contribution in [0.1, 0.15) is 19.3 Å². The molecule has 0 amide bonds. The Morgan fingerprint density at radius 1 is 1.50 bits per heavy atom. The lowest BCUT2D eigenvalue weighted by Gasteiger charge is -2.39. The third-order valence-electron chi connectivity index (χ3n) is 3.04. The Kier molecular flexibility index (Phi) is 3.19. The summed E-state index contributed by atoms with van der Waals surface area (Å²) < 4.78 is 0. The lowest BCUT2D eigenvalue weighted by Crippen LogP contribution is -2.47. The Morgan fingerprint density at radius 3 is 2.86 bits per heavy atom. The standard InChI is InChI=1S/C11H18N2O/c1-2-3-8-14-12-11-9-13-6-4-10(11)5-7-13/h2,10H,1,3-9H2/b12-11+. The Bertz CT molecular complexity index is 229. The number of hydrogen-bond acceptors (Lipinski definition) is 3. The van der Waals surface area contributed by atoms with E-state index in [9.17, 15) is 0 Å². The highest BCUT2D eigenvalue weighted by Gasteiger charge is 2.31. The molecule has 3 nitrogen and oxygen atoms in total. The van der Waals surface area contributed by atoms with Gasteiger partial charge in [0.1, 0.15) is 6.61 Å². The minimum atomic E-state index is 0.666. The van der Waals surface area contributed by atoms with E-state index in [1.165, 1.54) is 31.6 Å². The van der Waals surface area contributed by atoms with Crippen molar-refractivity contribution in [2.45, 2.75) is 19.3 Å². The van der Waals surface area contributed by atoms with E-state index in [2.05, 4.69) is 16.6 Å². The Morgan fingerprint density at radius 2 is 2.29 bits per heavy atom. The maximum absolute atomic E-state index is 5.26. The Labute approximate surface area is 85.4 Å². The predicted molar refractivity (Wildman–Crippen MR) is 57.4 cm³/mol. The molecule has 0 unspecified atom stereocenters. The summed E-state index contributed by atoms with van der Waals surface area (Å²) in [6.07, 6.45) is 5.27. The molecule has 0 aromatic carbocycles. The van der Waals surface area contributed by atoms with E-state index in [-0.39, 0.29) is 0 Å². The molecule has 14 heavy (non-hydrogen) atoms. The molecule has 0 saturated carbocycles. The monoisotopic (exact) mass is 194 g/mol. The summed E-state index contributed by atoms with van der Waals surface area (Å²) in [5.74, 6) is 0.698. The maximum Gasteiger partial charge on any atom is 0.120 e. The van der Waals surface area contributed by atoms with Crippen molar-refractivity contribution in [3.8, 4) is 0 Å². The molecule has 0 aromatic rings. The predicted octanol–water partition coefficient (Wildman–Crippen LogP) is 1.66. The first-order valence-electron chi connectivity index (χ1n) is 5.42. The summed E-state index contributed by atoms with van der Waals surface area (Å²) in [6, 6.07) is 0. The normalized spacial score (nSPS) is 33.3. The second-order valence-corrected chi connectivity index (χ2v) is 4.04. The van der Waals surface area contributed by atoms with E-state index in [4.69, 9.17) is 4.84 Å². The number of fused-ring (bicyclic) bond motifs is 3. The van der Waals surface area contributed by atoms with E-state index in [0.29, 0.717) is 12.5 Å². The second-order valence-electron chi connectivity index (χ2n) is 4.04. The minimum absolute atomic E-state index is 0.666. The van der Waals surface area contributed by atoms with Crippen LogP contribution in [0.4, 0.5) is 0 Å². The summed E-state index contributed by atoms with van der Waals surface area (Å²) in [7, 11) is 0.